The highest BCUT2D eigenvalue weighted by atomic mass is 19.4. The maximum Gasteiger partial charge on any atom is 0.418 e. The maximum atomic E-state index is 13.2. The second kappa shape index (κ2) is 9.75. The smallest absolute Gasteiger partial charge is 0.418 e. The van der Waals surface area contributed by atoms with E-state index in [1.807, 2.05) is 0 Å². The van der Waals surface area contributed by atoms with Crippen LogP contribution in [0.4, 0.5) is 29.3 Å². The van der Waals surface area contributed by atoms with Gasteiger partial charge >= 0.3 is 12.2 Å². The number of benzene rings is 3. The van der Waals surface area contributed by atoms with Gasteiger partial charge in [0.2, 0.25) is 5.82 Å². The third kappa shape index (κ3) is 5.35. The number of carbonyl (C=O) groups is 1. The molecule has 8 nitrogen and oxygen atoms in total. The van der Waals surface area contributed by atoms with Gasteiger partial charge < -0.3 is 24.6 Å². The molecule has 180 valence electrons. The SMILES string of the molecule is COc1ccc(-c2nc(-c3cccc(NC(=O)Nc4ccccc4C(F)(F)F)c3)no2)cc1OC. The van der Waals surface area contributed by atoms with Crippen LogP contribution in [0.1, 0.15) is 5.56 Å². The lowest BCUT2D eigenvalue weighted by molar-refractivity contribution is -0.136. The Labute approximate surface area is 197 Å². The first kappa shape index (κ1) is 23.6. The molecule has 1 aromatic heterocycles. The summed E-state index contributed by atoms with van der Waals surface area (Å²) in [6.07, 6.45) is -4.60. The summed E-state index contributed by atoms with van der Waals surface area (Å²) < 4.78 is 55.4. The monoisotopic (exact) mass is 484 g/mol. The highest BCUT2D eigenvalue weighted by Gasteiger charge is 2.33. The van der Waals surface area contributed by atoms with E-state index in [1.165, 1.54) is 32.4 Å². The molecule has 0 radical (unpaired) electrons. The van der Waals surface area contributed by atoms with Crippen LogP contribution in [0.15, 0.2) is 71.3 Å². The van der Waals surface area contributed by atoms with E-state index in [9.17, 15) is 18.0 Å². The molecule has 0 spiro atoms. The average Bonchev–Trinajstić information content (AvgIpc) is 3.34. The lowest BCUT2D eigenvalue weighted by Crippen LogP contribution is -2.21. The summed E-state index contributed by atoms with van der Waals surface area (Å²) in [6, 6.07) is 15.5. The van der Waals surface area contributed by atoms with Crippen LogP contribution in [0.2, 0.25) is 0 Å². The molecule has 0 saturated carbocycles. The Morgan fingerprint density at radius 2 is 1.66 bits per heavy atom. The number of hydrogen-bond donors (Lipinski definition) is 2. The van der Waals surface area contributed by atoms with Gasteiger partial charge in [-0.2, -0.15) is 18.2 Å². The number of methoxy groups -OCH3 is 2. The molecule has 4 rings (SSSR count). The van der Waals surface area contributed by atoms with Crippen molar-refractivity contribution in [2.45, 2.75) is 6.18 Å². The number of ether oxygens (including phenoxy) is 2. The summed E-state index contributed by atoms with van der Waals surface area (Å²) in [5.74, 6) is 1.53. The number of halogens is 3. The molecule has 0 atom stereocenters. The Morgan fingerprint density at radius 1 is 0.886 bits per heavy atom. The Kier molecular flexibility index (Phi) is 6.58. The van der Waals surface area contributed by atoms with Crippen molar-refractivity contribution in [2.75, 3.05) is 24.9 Å². The number of alkyl halides is 3. The molecule has 2 N–H and O–H groups in total. The number of urea groups is 1. The molecule has 0 bridgehead atoms. The molecule has 0 aliphatic heterocycles. The van der Waals surface area contributed by atoms with Gasteiger partial charge in [0.05, 0.1) is 25.5 Å². The number of carbonyl (C=O) groups excluding carboxylic acids is 1. The maximum absolute atomic E-state index is 13.2. The number of para-hydroxylation sites is 1. The predicted molar refractivity (Wildman–Crippen MR) is 122 cm³/mol. The minimum Gasteiger partial charge on any atom is -0.493 e. The highest BCUT2D eigenvalue weighted by molar-refractivity contribution is 6.00. The van der Waals surface area contributed by atoms with Crippen molar-refractivity contribution < 1.29 is 32.0 Å². The summed E-state index contributed by atoms with van der Waals surface area (Å²) in [5.41, 5.74) is 0.152. The Morgan fingerprint density at radius 3 is 2.40 bits per heavy atom. The molecule has 0 aliphatic rings. The molecule has 35 heavy (non-hydrogen) atoms. The van der Waals surface area contributed by atoms with Crippen molar-refractivity contribution in [1.82, 2.24) is 10.1 Å². The van der Waals surface area contributed by atoms with Crippen molar-refractivity contribution in [3.63, 3.8) is 0 Å². The zero-order valence-electron chi connectivity index (χ0n) is 18.5. The zero-order valence-corrected chi connectivity index (χ0v) is 18.5. The van der Waals surface area contributed by atoms with Crippen molar-refractivity contribution in [2.24, 2.45) is 0 Å². The van der Waals surface area contributed by atoms with Gasteiger partial charge in [0.25, 0.3) is 5.89 Å². The van der Waals surface area contributed by atoms with E-state index < -0.39 is 17.8 Å². The standard InChI is InChI=1S/C24H19F3N4O4/c1-33-19-11-10-15(13-20(19)34-2)22-30-21(31-35-22)14-6-5-7-16(12-14)28-23(32)29-18-9-4-3-8-17(18)24(25,26)27/h3-13H,1-2H3,(H2,28,29,32). The van der Waals surface area contributed by atoms with Crippen molar-refractivity contribution in [3.8, 4) is 34.3 Å². The van der Waals surface area contributed by atoms with Crippen LogP contribution in [0, 0.1) is 0 Å². The van der Waals surface area contributed by atoms with Crippen molar-refractivity contribution in [3.05, 3.63) is 72.3 Å². The zero-order chi connectivity index (χ0) is 25.0. The molecule has 0 aliphatic carbocycles. The van der Waals surface area contributed by atoms with Gasteiger partial charge in [-0.1, -0.05) is 29.4 Å². The fraction of sp³-hybridized carbons (Fsp3) is 0.125. The lowest BCUT2D eigenvalue weighted by Gasteiger charge is -2.14. The molecule has 4 aromatic rings. The first-order valence-electron chi connectivity index (χ1n) is 10.2. The number of nitrogens with zero attached hydrogens (tertiary/aromatic N) is 2. The largest absolute Gasteiger partial charge is 0.493 e. The van der Waals surface area contributed by atoms with Crippen molar-refractivity contribution >= 4 is 17.4 Å². The first-order valence-corrected chi connectivity index (χ1v) is 10.2. The Bertz CT molecular complexity index is 1350. The third-order valence-electron chi connectivity index (χ3n) is 4.92. The van der Waals surface area contributed by atoms with E-state index in [4.69, 9.17) is 14.0 Å². The molecular formula is C24H19F3N4O4. The predicted octanol–water partition coefficient (Wildman–Crippen LogP) is 6.08. The second-order valence-corrected chi connectivity index (χ2v) is 7.20. The fourth-order valence-corrected chi connectivity index (χ4v) is 3.29. The summed E-state index contributed by atoms with van der Waals surface area (Å²) in [7, 11) is 3.04. The summed E-state index contributed by atoms with van der Waals surface area (Å²) in [6.45, 7) is 0. The van der Waals surface area contributed by atoms with Crippen LogP contribution in [-0.2, 0) is 6.18 Å². The first-order chi connectivity index (χ1) is 16.8. The molecule has 0 fully saturated rings. The van der Waals surface area contributed by atoms with E-state index >= 15 is 0 Å². The van der Waals surface area contributed by atoms with E-state index in [1.54, 1.807) is 42.5 Å². The van der Waals surface area contributed by atoms with Gasteiger partial charge in [-0.25, -0.2) is 4.79 Å². The van der Waals surface area contributed by atoms with Gasteiger partial charge in [0.1, 0.15) is 0 Å². The summed E-state index contributed by atoms with van der Waals surface area (Å²) in [4.78, 5) is 16.7. The molecular weight excluding hydrogens is 465 g/mol. The van der Waals surface area contributed by atoms with Crippen LogP contribution < -0.4 is 20.1 Å². The van der Waals surface area contributed by atoms with E-state index in [2.05, 4.69) is 20.8 Å². The topological polar surface area (TPSA) is 98.5 Å². The highest BCUT2D eigenvalue weighted by Crippen LogP contribution is 2.35. The molecule has 1 heterocycles. The van der Waals surface area contributed by atoms with Gasteiger partial charge in [-0.05, 0) is 42.5 Å². The number of hydrogen-bond acceptors (Lipinski definition) is 6. The number of rotatable bonds is 6. The van der Waals surface area contributed by atoms with Crippen LogP contribution in [-0.4, -0.2) is 30.4 Å². The second-order valence-electron chi connectivity index (χ2n) is 7.20. The van der Waals surface area contributed by atoms with Crippen LogP contribution in [0.3, 0.4) is 0 Å². The van der Waals surface area contributed by atoms with Gasteiger partial charge in [0, 0.05) is 16.8 Å². The average molecular weight is 484 g/mol. The number of nitrogens with one attached hydrogen (secondary N) is 2. The quantitative estimate of drug-likeness (QED) is 0.344. The van der Waals surface area contributed by atoms with Crippen molar-refractivity contribution in [1.29, 1.82) is 0 Å². The fourth-order valence-electron chi connectivity index (χ4n) is 3.29. The van der Waals surface area contributed by atoms with Crippen LogP contribution >= 0.6 is 0 Å². The molecule has 2 amide bonds. The van der Waals surface area contributed by atoms with Crippen LogP contribution in [0.25, 0.3) is 22.8 Å². The number of anilines is 2. The van der Waals surface area contributed by atoms with Gasteiger partial charge in [0.15, 0.2) is 11.5 Å². The Balaban J connectivity index is 1.51. The number of aromatic nitrogens is 2. The summed E-state index contributed by atoms with van der Waals surface area (Å²) >= 11 is 0. The third-order valence-corrected chi connectivity index (χ3v) is 4.92. The summed E-state index contributed by atoms with van der Waals surface area (Å²) in [5, 5.41) is 8.72. The van der Waals surface area contributed by atoms with E-state index in [0.29, 0.717) is 28.3 Å². The van der Waals surface area contributed by atoms with Gasteiger partial charge in [-0.15, -0.1) is 0 Å². The minimum atomic E-state index is -4.60. The lowest BCUT2D eigenvalue weighted by atomic mass is 10.1. The number of amides is 2. The minimum absolute atomic E-state index is 0.237. The van der Waals surface area contributed by atoms with E-state index in [-0.39, 0.29) is 17.4 Å². The molecule has 11 heteroatoms. The molecule has 3 aromatic carbocycles. The van der Waals surface area contributed by atoms with Crippen LogP contribution in [0.5, 0.6) is 11.5 Å². The Hall–Kier alpha value is -4.54. The molecule has 0 saturated heterocycles. The van der Waals surface area contributed by atoms with E-state index in [0.717, 1.165) is 6.07 Å². The van der Waals surface area contributed by atoms with Gasteiger partial charge in [-0.3, -0.25) is 0 Å². The molecule has 0 unspecified atom stereocenters. The normalized spacial score (nSPS) is 11.1.